The SMILES string of the molecule is O=C(O)NCCc1c[nH]c(-c2ccccc2F)c1. The average Bonchev–Trinajstić information content (AvgIpc) is 2.78. The first-order valence-electron chi connectivity index (χ1n) is 5.56. The Hall–Kier alpha value is -2.30. The number of hydrogen-bond acceptors (Lipinski definition) is 1. The second kappa shape index (κ2) is 5.35. The van der Waals surface area contributed by atoms with Gasteiger partial charge in [0, 0.05) is 24.0 Å². The Bertz CT molecular complexity index is 551. The lowest BCUT2D eigenvalue weighted by atomic mass is 10.1. The summed E-state index contributed by atoms with van der Waals surface area (Å²) in [5.74, 6) is -0.283. The van der Waals surface area contributed by atoms with Crippen LogP contribution in [0.15, 0.2) is 36.5 Å². The van der Waals surface area contributed by atoms with E-state index in [4.69, 9.17) is 5.11 Å². The number of amides is 1. The van der Waals surface area contributed by atoms with Gasteiger partial charge in [0.2, 0.25) is 0 Å². The van der Waals surface area contributed by atoms with E-state index in [1.54, 1.807) is 24.4 Å². The summed E-state index contributed by atoms with van der Waals surface area (Å²) in [5.41, 5.74) is 2.13. The molecule has 2 aromatic rings. The van der Waals surface area contributed by atoms with E-state index < -0.39 is 6.09 Å². The Morgan fingerprint density at radius 3 is 2.89 bits per heavy atom. The number of H-pyrrole nitrogens is 1. The maximum absolute atomic E-state index is 13.5. The summed E-state index contributed by atoms with van der Waals surface area (Å²) < 4.78 is 13.5. The molecule has 18 heavy (non-hydrogen) atoms. The third kappa shape index (κ3) is 2.88. The standard InChI is InChI=1S/C13H13FN2O2/c14-11-4-2-1-3-10(11)12-7-9(8-16-12)5-6-15-13(17)18/h1-4,7-8,15-16H,5-6H2,(H,17,18). The largest absolute Gasteiger partial charge is 0.465 e. The number of nitrogens with one attached hydrogen (secondary N) is 2. The highest BCUT2D eigenvalue weighted by molar-refractivity contribution is 5.64. The summed E-state index contributed by atoms with van der Waals surface area (Å²) in [4.78, 5) is 13.3. The maximum Gasteiger partial charge on any atom is 0.404 e. The molecule has 5 heteroatoms. The number of carboxylic acid groups (broad SMARTS) is 1. The summed E-state index contributed by atoms with van der Waals surface area (Å²) in [6.45, 7) is 0.337. The molecular formula is C13H13FN2O2. The molecule has 94 valence electrons. The van der Waals surface area contributed by atoms with Crippen LogP contribution in [0.3, 0.4) is 0 Å². The highest BCUT2D eigenvalue weighted by atomic mass is 19.1. The number of benzene rings is 1. The highest BCUT2D eigenvalue weighted by Gasteiger charge is 2.06. The second-order valence-electron chi connectivity index (χ2n) is 3.88. The Morgan fingerprint density at radius 1 is 1.39 bits per heavy atom. The lowest BCUT2D eigenvalue weighted by Crippen LogP contribution is -2.23. The molecule has 4 nitrogen and oxygen atoms in total. The summed E-state index contributed by atoms with van der Waals surface area (Å²) in [7, 11) is 0. The van der Waals surface area contributed by atoms with Crippen molar-refractivity contribution in [1.82, 2.24) is 10.3 Å². The van der Waals surface area contributed by atoms with Crippen molar-refractivity contribution in [3.63, 3.8) is 0 Å². The molecule has 0 radical (unpaired) electrons. The van der Waals surface area contributed by atoms with Gasteiger partial charge in [-0.1, -0.05) is 12.1 Å². The van der Waals surface area contributed by atoms with E-state index in [0.717, 1.165) is 5.56 Å². The maximum atomic E-state index is 13.5. The first kappa shape index (κ1) is 12.2. The third-order valence-electron chi connectivity index (χ3n) is 2.60. The van der Waals surface area contributed by atoms with Crippen LogP contribution in [0.2, 0.25) is 0 Å². The van der Waals surface area contributed by atoms with E-state index in [-0.39, 0.29) is 5.82 Å². The van der Waals surface area contributed by atoms with Gasteiger partial charge in [0.1, 0.15) is 5.82 Å². The number of hydrogen-bond donors (Lipinski definition) is 3. The van der Waals surface area contributed by atoms with Crippen LogP contribution in [-0.4, -0.2) is 22.7 Å². The minimum Gasteiger partial charge on any atom is -0.465 e. The van der Waals surface area contributed by atoms with E-state index in [1.165, 1.54) is 6.07 Å². The Labute approximate surface area is 103 Å². The molecule has 0 saturated heterocycles. The van der Waals surface area contributed by atoms with Gasteiger partial charge in [-0.15, -0.1) is 0 Å². The fraction of sp³-hybridized carbons (Fsp3) is 0.154. The van der Waals surface area contributed by atoms with E-state index in [0.29, 0.717) is 24.2 Å². The molecule has 2 rings (SSSR count). The molecule has 0 bridgehead atoms. The van der Waals surface area contributed by atoms with Crippen molar-refractivity contribution < 1.29 is 14.3 Å². The van der Waals surface area contributed by atoms with Crippen LogP contribution in [0.5, 0.6) is 0 Å². The highest BCUT2D eigenvalue weighted by Crippen LogP contribution is 2.22. The van der Waals surface area contributed by atoms with Crippen molar-refractivity contribution >= 4 is 6.09 Å². The molecule has 0 aliphatic rings. The van der Waals surface area contributed by atoms with Gasteiger partial charge in [-0.2, -0.15) is 0 Å². The van der Waals surface area contributed by atoms with Crippen LogP contribution in [0.1, 0.15) is 5.56 Å². The summed E-state index contributed by atoms with van der Waals surface area (Å²) in [5, 5.41) is 10.7. The Balaban J connectivity index is 2.06. The first-order valence-corrected chi connectivity index (χ1v) is 5.56. The van der Waals surface area contributed by atoms with Crippen molar-refractivity contribution in [1.29, 1.82) is 0 Å². The van der Waals surface area contributed by atoms with Crippen LogP contribution >= 0.6 is 0 Å². The molecule has 3 N–H and O–H groups in total. The summed E-state index contributed by atoms with van der Waals surface area (Å²) in [6.07, 6.45) is 1.28. The van der Waals surface area contributed by atoms with E-state index >= 15 is 0 Å². The van der Waals surface area contributed by atoms with Gasteiger partial charge in [0.05, 0.1) is 0 Å². The molecule has 1 aromatic carbocycles. The van der Waals surface area contributed by atoms with Gasteiger partial charge < -0.3 is 15.4 Å². The van der Waals surface area contributed by atoms with Crippen molar-refractivity contribution in [2.24, 2.45) is 0 Å². The minimum absolute atomic E-state index is 0.283. The average molecular weight is 248 g/mol. The van der Waals surface area contributed by atoms with Crippen molar-refractivity contribution in [3.05, 3.63) is 47.9 Å². The molecule has 0 fully saturated rings. The fourth-order valence-electron chi connectivity index (χ4n) is 1.73. The van der Waals surface area contributed by atoms with Gasteiger partial charge in [-0.05, 0) is 30.2 Å². The first-order chi connectivity index (χ1) is 8.66. The number of carbonyl (C=O) groups is 1. The number of rotatable bonds is 4. The predicted molar refractivity (Wildman–Crippen MR) is 65.9 cm³/mol. The quantitative estimate of drug-likeness (QED) is 0.778. The lowest BCUT2D eigenvalue weighted by Gasteiger charge is -1.99. The number of aromatic amines is 1. The normalized spacial score (nSPS) is 10.3. The van der Waals surface area contributed by atoms with Crippen LogP contribution in [0, 0.1) is 5.82 Å². The molecule has 0 atom stereocenters. The Kier molecular flexibility index (Phi) is 3.62. The molecule has 0 unspecified atom stereocenters. The molecule has 0 aliphatic heterocycles. The van der Waals surface area contributed by atoms with Crippen molar-refractivity contribution in [2.45, 2.75) is 6.42 Å². The molecule has 0 spiro atoms. The molecular weight excluding hydrogens is 235 g/mol. The Morgan fingerprint density at radius 2 is 2.17 bits per heavy atom. The van der Waals surface area contributed by atoms with Gasteiger partial charge in [0.25, 0.3) is 0 Å². The second-order valence-corrected chi connectivity index (χ2v) is 3.88. The topological polar surface area (TPSA) is 65.1 Å². The third-order valence-corrected chi connectivity index (χ3v) is 2.60. The van der Waals surface area contributed by atoms with E-state index in [9.17, 15) is 9.18 Å². The predicted octanol–water partition coefficient (Wildman–Crippen LogP) is 2.63. The zero-order chi connectivity index (χ0) is 13.0. The summed E-state index contributed by atoms with van der Waals surface area (Å²) >= 11 is 0. The molecule has 1 heterocycles. The minimum atomic E-state index is -1.04. The van der Waals surface area contributed by atoms with Gasteiger partial charge in [0.15, 0.2) is 0 Å². The van der Waals surface area contributed by atoms with Gasteiger partial charge >= 0.3 is 6.09 Å². The molecule has 0 aliphatic carbocycles. The van der Waals surface area contributed by atoms with Gasteiger partial charge in [-0.3, -0.25) is 0 Å². The summed E-state index contributed by atoms with van der Waals surface area (Å²) in [6, 6.07) is 8.33. The zero-order valence-corrected chi connectivity index (χ0v) is 9.61. The molecule has 1 aromatic heterocycles. The van der Waals surface area contributed by atoms with E-state index in [2.05, 4.69) is 10.3 Å². The number of aromatic nitrogens is 1. The fourth-order valence-corrected chi connectivity index (χ4v) is 1.73. The van der Waals surface area contributed by atoms with Crippen LogP contribution in [0.25, 0.3) is 11.3 Å². The smallest absolute Gasteiger partial charge is 0.404 e. The van der Waals surface area contributed by atoms with Crippen molar-refractivity contribution in [3.8, 4) is 11.3 Å². The molecule has 1 amide bonds. The number of halogens is 1. The van der Waals surface area contributed by atoms with Crippen LogP contribution in [-0.2, 0) is 6.42 Å². The monoisotopic (exact) mass is 248 g/mol. The zero-order valence-electron chi connectivity index (χ0n) is 9.61. The van der Waals surface area contributed by atoms with Crippen molar-refractivity contribution in [2.75, 3.05) is 6.54 Å². The van der Waals surface area contributed by atoms with E-state index in [1.807, 2.05) is 6.07 Å². The lowest BCUT2D eigenvalue weighted by molar-refractivity contribution is 0.194. The van der Waals surface area contributed by atoms with Gasteiger partial charge in [-0.25, -0.2) is 9.18 Å². The molecule has 0 saturated carbocycles. The van der Waals surface area contributed by atoms with Crippen LogP contribution < -0.4 is 5.32 Å². The van der Waals surface area contributed by atoms with Crippen LogP contribution in [0.4, 0.5) is 9.18 Å².